The van der Waals surface area contributed by atoms with Crippen molar-refractivity contribution in [2.24, 2.45) is 0 Å². The van der Waals surface area contributed by atoms with Crippen LogP contribution in [0.15, 0.2) is 48.7 Å². The topological polar surface area (TPSA) is 59.4 Å². The highest BCUT2D eigenvalue weighted by Gasteiger charge is 2.05. The summed E-state index contributed by atoms with van der Waals surface area (Å²) in [6, 6.07) is 12.1. The molecule has 0 atom stereocenters. The molecule has 2 rings (SSSR count). The molecule has 0 radical (unpaired) electrons. The number of rotatable bonds is 3. The maximum Gasteiger partial charge on any atom is 0.354 e. The number of hydrogen-bond donors (Lipinski definition) is 1. The summed E-state index contributed by atoms with van der Waals surface area (Å²) in [5.74, 6) is 0.0437. The predicted molar refractivity (Wildman–Crippen MR) is 57.7 cm³/mol. The molecule has 1 N–H and O–H groups in total. The van der Waals surface area contributed by atoms with Crippen molar-refractivity contribution in [3.05, 3.63) is 54.4 Å². The van der Waals surface area contributed by atoms with Gasteiger partial charge >= 0.3 is 5.97 Å². The van der Waals surface area contributed by atoms with E-state index in [1.165, 1.54) is 12.3 Å². The van der Waals surface area contributed by atoms with Crippen LogP contribution < -0.4 is 4.74 Å². The molecule has 0 aliphatic carbocycles. The predicted octanol–water partition coefficient (Wildman–Crippen LogP) is 2.57. The number of aromatic nitrogens is 1. The largest absolute Gasteiger partial charge is 0.477 e. The molecule has 80 valence electrons. The van der Waals surface area contributed by atoms with Gasteiger partial charge in [-0.05, 0) is 18.2 Å². The molecule has 0 amide bonds. The second-order valence-electron chi connectivity index (χ2n) is 3.10. The van der Waals surface area contributed by atoms with Crippen molar-refractivity contribution in [3.63, 3.8) is 0 Å². The Morgan fingerprint density at radius 2 is 1.88 bits per heavy atom. The van der Waals surface area contributed by atoms with Crippen LogP contribution in [-0.2, 0) is 0 Å². The molecule has 0 saturated carbocycles. The van der Waals surface area contributed by atoms with E-state index in [0.717, 1.165) is 0 Å². The lowest BCUT2D eigenvalue weighted by Crippen LogP contribution is -1.99. The average Bonchev–Trinajstić information content (AvgIpc) is 2.30. The summed E-state index contributed by atoms with van der Waals surface area (Å²) in [6.07, 6.45) is 1.40. The zero-order valence-corrected chi connectivity index (χ0v) is 8.33. The number of carbonyl (C=O) groups is 1. The molecule has 0 aliphatic heterocycles. The first-order valence-corrected chi connectivity index (χ1v) is 4.68. The summed E-state index contributed by atoms with van der Waals surface area (Å²) < 4.78 is 5.47. The van der Waals surface area contributed by atoms with Crippen LogP contribution in [0.25, 0.3) is 0 Å². The molecule has 0 aliphatic rings. The van der Waals surface area contributed by atoms with Crippen LogP contribution in [0, 0.1) is 0 Å². The number of ether oxygens (including phenoxy) is 1. The van der Waals surface area contributed by atoms with Gasteiger partial charge in [-0.15, -0.1) is 0 Å². The Morgan fingerprint density at radius 1 is 1.12 bits per heavy atom. The maximum atomic E-state index is 10.7. The van der Waals surface area contributed by atoms with Crippen molar-refractivity contribution in [3.8, 4) is 11.5 Å². The summed E-state index contributed by atoms with van der Waals surface area (Å²) in [5, 5.41) is 8.76. The molecule has 0 saturated heterocycles. The maximum absolute atomic E-state index is 10.7. The lowest BCUT2D eigenvalue weighted by atomic mass is 10.3. The first-order chi connectivity index (χ1) is 7.75. The second kappa shape index (κ2) is 4.44. The quantitative estimate of drug-likeness (QED) is 0.854. The highest BCUT2D eigenvalue weighted by atomic mass is 16.5. The summed E-state index contributed by atoms with van der Waals surface area (Å²) in [6.45, 7) is 0. The van der Waals surface area contributed by atoms with Crippen LogP contribution in [0.1, 0.15) is 10.5 Å². The summed E-state index contributed by atoms with van der Waals surface area (Å²) in [5.41, 5.74) is -0.0339. The summed E-state index contributed by atoms with van der Waals surface area (Å²) >= 11 is 0. The van der Waals surface area contributed by atoms with Crippen molar-refractivity contribution >= 4 is 5.97 Å². The van der Waals surface area contributed by atoms with E-state index in [2.05, 4.69) is 4.98 Å². The third kappa shape index (κ3) is 2.36. The van der Waals surface area contributed by atoms with Crippen LogP contribution in [0.2, 0.25) is 0 Å². The van der Waals surface area contributed by atoms with Gasteiger partial charge in [0.25, 0.3) is 0 Å². The Morgan fingerprint density at radius 3 is 2.56 bits per heavy atom. The normalized spacial score (nSPS) is 9.75. The van der Waals surface area contributed by atoms with Crippen molar-refractivity contribution < 1.29 is 14.6 Å². The molecule has 1 heterocycles. The Kier molecular flexibility index (Phi) is 2.82. The van der Waals surface area contributed by atoms with Crippen LogP contribution in [0.5, 0.6) is 11.5 Å². The minimum atomic E-state index is -1.07. The molecular weight excluding hydrogens is 206 g/mol. The van der Waals surface area contributed by atoms with Gasteiger partial charge in [-0.1, -0.05) is 18.2 Å². The lowest BCUT2D eigenvalue weighted by molar-refractivity contribution is 0.0690. The number of carboxylic acids is 1. The van der Waals surface area contributed by atoms with Gasteiger partial charge in [0.1, 0.15) is 11.5 Å². The van der Waals surface area contributed by atoms with Gasteiger partial charge in [-0.2, -0.15) is 0 Å². The van der Waals surface area contributed by atoms with Gasteiger partial charge in [-0.3, -0.25) is 0 Å². The molecule has 0 bridgehead atoms. The van der Waals surface area contributed by atoms with E-state index in [4.69, 9.17) is 9.84 Å². The minimum absolute atomic E-state index is 0.0339. The van der Waals surface area contributed by atoms with Crippen molar-refractivity contribution in [1.29, 1.82) is 0 Å². The summed E-state index contributed by atoms with van der Waals surface area (Å²) in [7, 11) is 0. The minimum Gasteiger partial charge on any atom is -0.477 e. The smallest absolute Gasteiger partial charge is 0.354 e. The summed E-state index contributed by atoms with van der Waals surface area (Å²) in [4.78, 5) is 14.4. The van der Waals surface area contributed by atoms with E-state index in [0.29, 0.717) is 11.5 Å². The molecule has 16 heavy (non-hydrogen) atoms. The number of nitrogens with zero attached hydrogens (tertiary/aromatic N) is 1. The van der Waals surface area contributed by atoms with E-state index in [1.54, 1.807) is 18.2 Å². The standard InChI is InChI=1S/C12H9NO3/c14-12(15)11-8-10(6-7-13-11)16-9-4-2-1-3-5-9/h1-8H,(H,14,15). The van der Waals surface area contributed by atoms with Crippen molar-refractivity contribution in [2.75, 3.05) is 0 Å². The molecule has 4 nitrogen and oxygen atoms in total. The van der Waals surface area contributed by atoms with Crippen LogP contribution in [0.4, 0.5) is 0 Å². The van der Waals surface area contributed by atoms with E-state index in [1.807, 2.05) is 18.2 Å². The van der Waals surface area contributed by atoms with Gasteiger partial charge in [0, 0.05) is 12.3 Å². The number of carboxylic acid groups (broad SMARTS) is 1. The number of aromatic carboxylic acids is 1. The van der Waals surface area contributed by atoms with Crippen LogP contribution >= 0.6 is 0 Å². The third-order valence-electron chi connectivity index (χ3n) is 1.93. The molecular formula is C12H9NO3. The molecule has 0 spiro atoms. The monoisotopic (exact) mass is 215 g/mol. The molecule has 1 aromatic heterocycles. The Labute approximate surface area is 92.1 Å². The fraction of sp³-hybridized carbons (Fsp3) is 0. The zero-order chi connectivity index (χ0) is 11.4. The zero-order valence-electron chi connectivity index (χ0n) is 8.33. The van der Waals surface area contributed by atoms with E-state index < -0.39 is 5.97 Å². The van der Waals surface area contributed by atoms with Crippen molar-refractivity contribution in [2.45, 2.75) is 0 Å². The molecule has 2 aromatic rings. The van der Waals surface area contributed by atoms with Crippen molar-refractivity contribution in [1.82, 2.24) is 4.98 Å². The van der Waals surface area contributed by atoms with Gasteiger partial charge < -0.3 is 9.84 Å². The first-order valence-electron chi connectivity index (χ1n) is 4.68. The first kappa shape index (κ1) is 10.2. The lowest BCUT2D eigenvalue weighted by Gasteiger charge is -2.05. The molecule has 1 aromatic carbocycles. The highest BCUT2D eigenvalue weighted by molar-refractivity contribution is 5.85. The molecule has 0 fully saturated rings. The van der Waals surface area contributed by atoms with Crippen LogP contribution in [0.3, 0.4) is 0 Å². The fourth-order valence-corrected chi connectivity index (χ4v) is 1.22. The SMILES string of the molecule is O=C(O)c1cc(Oc2ccccc2)ccn1. The van der Waals surface area contributed by atoms with Gasteiger partial charge in [0.05, 0.1) is 0 Å². The van der Waals surface area contributed by atoms with Gasteiger partial charge in [-0.25, -0.2) is 9.78 Å². The second-order valence-corrected chi connectivity index (χ2v) is 3.10. The molecule has 4 heteroatoms. The van der Waals surface area contributed by atoms with E-state index in [9.17, 15) is 4.79 Å². The molecule has 0 unspecified atom stereocenters. The van der Waals surface area contributed by atoms with E-state index >= 15 is 0 Å². The number of hydrogen-bond acceptors (Lipinski definition) is 3. The third-order valence-corrected chi connectivity index (χ3v) is 1.93. The van der Waals surface area contributed by atoms with Gasteiger partial charge in [0.15, 0.2) is 5.69 Å². The van der Waals surface area contributed by atoms with E-state index in [-0.39, 0.29) is 5.69 Å². The fourth-order valence-electron chi connectivity index (χ4n) is 1.22. The van der Waals surface area contributed by atoms with Gasteiger partial charge in [0.2, 0.25) is 0 Å². The van der Waals surface area contributed by atoms with Crippen LogP contribution in [-0.4, -0.2) is 16.1 Å². The number of pyridine rings is 1. The average molecular weight is 215 g/mol. The number of para-hydroxylation sites is 1. The Bertz CT molecular complexity index is 497. The number of benzene rings is 1. The Balaban J connectivity index is 2.22. The Hall–Kier alpha value is -2.36. The highest BCUT2D eigenvalue weighted by Crippen LogP contribution is 2.20.